The summed E-state index contributed by atoms with van der Waals surface area (Å²) >= 11 is 5.11. The number of halogens is 1. The van der Waals surface area contributed by atoms with Crippen LogP contribution in [-0.4, -0.2) is 32.9 Å². The van der Waals surface area contributed by atoms with Gasteiger partial charge in [-0.05, 0) is 36.8 Å². The summed E-state index contributed by atoms with van der Waals surface area (Å²) in [6.07, 6.45) is 0. The van der Waals surface area contributed by atoms with Gasteiger partial charge >= 0.3 is 0 Å². The molecule has 0 atom stereocenters. The number of rotatable bonds is 4. The normalized spacial score (nSPS) is 13.3. The monoisotopic (exact) mass is 414 g/mol. The van der Waals surface area contributed by atoms with E-state index in [-0.39, 0.29) is 0 Å². The average molecular weight is 415 g/mol. The van der Waals surface area contributed by atoms with Gasteiger partial charge in [0.05, 0.1) is 12.3 Å². The van der Waals surface area contributed by atoms with Gasteiger partial charge in [0.15, 0.2) is 5.82 Å². The van der Waals surface area contributed by atoms with Crippen molar-refractivity contribution in [1.29, 1.82) is 0 Å². The molecule has 2 heterocycles. The molecule has 7 heteroatoms. The minimum absolute atomic E-state index is 0.628. The van der Waals surface area contributed by atoms with Gasteiger partial charge in [-0.15, -0.1) is 10.2 Å². The topological polar surface area (TPSA) is 52.3 Å². The van der Waals surface area contributed by atoms with Gasteiger partial charge in [-0.25, -0.2) is 0 Å². The number of nitrogens with zero attached hydrogens (tertiary/aromatic N) is 4. The Morgan fingerprint density at radius 1 is 1.12 bits per heavy atom. The molecule has 126 valence electrons. The molecule has 0 saturated heterocycles. The lowest BCUT2D eigenvalue weighted by molar-refractivity contribution is 0.340. The molecular weight excluding hydrogens is 400 g/mol. The van der Waals surface area contributed by atoms with E-state index < -0.39 is 0 Å². The van der Waals surface area contributed by atoms with Crippen LogP contribution in [0.1, 0.15) is 12.5 Å². The minimum atomic E-state index is 0.628. The highest BCUT2D eigenvalue weighted by Gasteiger charge is 2.21. The Hall–Kier alpha value is -2.12. The standard InChI is InChI=1S/C18H15BrN4OS/c1-2-24-15-5-3-4-13(10-15)17-20-21-18-23(17)22-16(11-25-18)12-6-8-14(19)9-7-12/h3-10H,2,11H2,1H3. The third-order valence-corrected chi connectivity index (χ3v) is 5.21. The maximum absolute atomic E-state index is 5.59. The van der Waals surface area contributed by atoms with Crippen molar-refractivity contribution >= 4 is 33.4 Å². The number of aromatic nitrogens is 3. The number of benzene rings is 2. The maximum Gasteiger partial charge on any atom is 0.212 e. The fourth-order valence-corrected chi connectivity index (χ4v) is 3.69. The third kappa shape index (κ3) is 3.34. The van der Waals surface area contributed by atoms with Crippen LogP contribution in [-0.2, 0) is 0 Å². The largest absolute Gasteiger partial charge is 0.494 e. The van der Waals surface area contributed by atoms with Gasteiger partial charge in [0.25, 0.3) is 0 Å². The Morgan fingerprint density at radius 2 is 1.96 bits per heavy atom. The van der Waals surface area contributed by atoms with Gasteiger partial charge in [0, 0.05) is 15.8 Å². The Bertz CT molecular complexity index is 937. The highest BCUT2D eigenvalue weighted by molar-refractivity contribution is 9.10. The van der Waals surface area contributed by atoms with Crippen molar-refractivity contribution in [3.8, 4) is 17.1 Å². The third-order valence-electron chi connectivity index (χ3n) is 3.75. The number of thioether (sulfide) groups is 1. The lowest BCUT2D eigenvalue weighted by Gasteiger charge is -2.14. The summed E-state index contributed by atoms with van der Waals surface area (Å²) in [6, 6.07) is 16.0. The molecule has 0 N–H and O–H groups in total. The first-order chi connectivity index (χ1) is 12.2. The first-order valence-corrected chi connectivity index (χ1v) is 9.67. The second kappa shape index (κ2) is 7.01. The summed E-state index contributed by atoms with van der Waals surface area (Å²) in [6.45, 7) is 2.60. The summed E-state index contributed by atoms with van der Waals surface area (Å²) < 4.78 is 8.46. The summed E-state index contributed by atoms with van der Waals surface area (Å²) in [4.78, 5) is 0. The highest BCUT2D eigenvalue weighted by atomic mass is 79.9. The minimum Gasteiger partial charge on any atom is -0.494 e. The van der Waals surface area contributed by atoms with Crippen molar-refractivity contribution in [2.24, 2.45) is 5.10 Å². The molecule has 0 fully saturated rings. The van der Waals surface area contributed by atoms with E-state index >= 15 is 0 Å². The van der Waals surface area contributed by atoms with Crippen LogP contribution in [0.4, 0.5) is 0 Å². The van der Waals surface area contributed by atoms with Crippen LogP contribution in [0, 0.1) is 0 Å². The Kier molecular flexibility index (Phi) is 4.59. The van der Waals surface area contributed by atoms with E-state index in [2.05, 4.69) is 38.3 Å². The Balaban J connectivity index is 1.74. The molecule has 1 aromatic heterocycles. The molecule has 0 bridgehead atoms. The predicted molar refractivity (Wildman–Crippen MR) is 103 cm³/mol. The summed E-state index contributed by atoms with van der Waals surface area (Å²) in [5, 5.41) is 14.2. The first-order valence-electron chi connectivity index (χ1n) is 7.90. The zero-order valence-electron chi connectivity index (χ0n) is 13.5. The zero-order chi connectivity index (χ0) is 17.2. The van der Waals surface area contributed by atoms with E-state index in [9.17, 15) is 0 Å². The van der Waals surface area contributed by atoms with Crippen LogP contribution >= 0.6 is 27.7 Å². The Morgan fingerprint density at radius 3 is 2.76 bits per heavy atom. The predicted octanol–water partition coefficient (Wildman–Crippen LogP) is 4.46. The van der Waals surface area contributed by atoms with Gasteiger partial charge in [-0.2, -0.15) is 9.78 Å². The van der Waals surface area contributed by atoms with Crippen LogP contribution < -0.4 is 4.74 Å². The molecule has 0 spiro atoms. The van der Waals surface area contributed by atoms with Crippen LogP contribution in [0.3, 0.4) is 0 Å². The van der Waals surface area contributed by atoms with Gasteiger partial charge < -0.3 is 4.74 Å². The van der Waals surface area contributed by atoms with Crippen molar-refractivity contribution in [2.45, 2.75) is 12.1 Å². The molecule has 0 amide bonds. The van der Waals surface area contributed by atoms with Gasteiger partial charge in [-0.1, -0.05) is 52.0 Å². The number of hydrogen-bond donors (Lipinski definition) is 0. The van der Waals surface area contributed by atoms with E-state index in [0.717, 1.165) is 43.8 Å². The second-order valence-electron chi connectivity index (χ2n) is 5.42. The fourth-order valence-electron chi connectivity index (χ4n) is 2.58. The van der Waals surface area contributed by atoms with E-state index in [1.807, 2.05) is 48.0 Å². The number of hydrogen-bond acceptors (Lipinski definition) is 5. The van der Waals surface area contributed by atoms with Crippen LogP contribution in [0.15, 0.2) is 63.3 Å². The smallest absolute Gasteiger partial charge is 0.212 e. The number of ether oxygens (including phenoxy) is 1. The van der Waals surface area contributed by atoms with E-state index in [1.165, 1.54) is 0 Å². The van der Waals surface area contributed by atoms with Crippen LogP contribution in [0.25, 0.3) is 11.4 Å². The quantitative estimate of drug-likeness (QED) is 0.631. The number of fused-ring (bicyclic) bond motifs is 1. The summed E-state index contributed by atoms with van der Waals surface area (Å²) in [5.74, 6) is 2.31. The molecule has 25 heavy (non-hydrogen) atoms. The second-order valence-corrected chi connectivity index (χ2v) is 7.28. The molecule has 1 aliphatic heterocycles. The fraction of sp³-hybridized carbons (Fsp3) is 0.167. The molecule has 1 aliphatic rings. The van der Waals surface area contributed by atoms with Crippen molar-refractivity contribution in [2.75, 3.05) is 12.4 Å². The van der Waals surface area contributed by atoms with Crippen LogP contribution in [0.5, 0.6) is 5.75 Å². The van der Waals surface area contributed by atoms with Gasteiger partial charge in [-0.3, -0.25) is 0 Å². The van der Waals surface area contributed by atoms with Gasteiger partial charge in [0.1, 0.15) is 5.75 Å². The molecule has 4 rings (SSSR count). The molecule has 0 aliphatic carbocycles. The first kappa shape index (κ1) is 16.4. The van der Waals surface area contributed by atoms with Crippen molar-refractivity contribution < 1.29 is 4.74 Å². The molecule has 0 unspecified atom stereocenters. The SMILES string of the molecule is CCOc1cccc(-c2nnc3n2N=C(c2ccc(Br)cc2)CS3)c1. The highest BCUT2D eigenvalue weighted by Crippen LogP contribution is 2.30. The lowest BCUT2D eigenvalue weighted by Crippen LogP contribution is -2.13. The van der Waals surface area contributed by atoms with E-state index in [1.54, 1.807) is 11.8 Å². The van der Waals surface area contributed by atoms with Crippen molar-refractivity contribution in [3.63, 3.8) is 0 Å². The summed E-state index contributed by atoms with van der Waals surface area (Å²) in [7, 11) is 0. The van der Waals surface area contributed by atoms with E-state index in [4.69, 9.17) is 9.84 Å². The van der Waals surface area contributed by atoms with E-state index in [0.29, 0.717) is 6.61 Å². The van der Waals surface area contributed by atoms with Crippen molar-refractivity contribution in [1.82, 2.24) is 14.9 Å². The maximum atomic E-state index is 5.59. The molecule has 5 nitrogen and oxygen atoms in total. The van der Waals surface area contributed by atoms with Crippen LogP contribution in [0.2, 0.25) is 0 Å². The van der Waals surface area contributed by atoms with Gasteiger partial charge in [0.2, 0.25) is 5.16 Å². The molecule has 0 radical (unpaired) electrons. The average Bonchev–Trinajstić information content (AvgIpc) is 3.06. The van der Waals surface area contributed by atoms with Crippen molar-refractivity contribution in [3.05, 3.63) is 58.6 Å². The molecule has 2 aromatic carbocycles. The zero-order valence-corrected chi connectivity index (χ0v) is 15.9. The summed E-state index contributed by atoms with van der Waals surface area (Å²) in [5.41, 5.74) is 3.04. The molecule has 0 saturated carbocycles. The Labute approximate surface area is 158 Å². The lowest BCUT2D eigenvalue weighted by atomic mass is 10.1. The molecular formula is C18H15BrN4OS. The molecule has 3 aromatic rings.